The van der Waals surface area contributed by atoms with Crippen molar-refractivity contribution in [3.05, 3.63) is 46.5 Å². The zero-order valence-electron chi connectivity index (χ0n) is 8.01. The third-order valence-corrected chi connectivity index (χ3v) is 3.13. The normalized spacial score (nSPS) is 14.7. The van der Waals surface area contributed by atoms with Crippen LogP contribution in [0.2, 0.25) is 10.0 Å². The molecule has 0 aliphatic rings. The van der Waals surface area contributed by atoms with Crippen molar-refractivity contribution in [1.29, 1.82) is 0 Å². The SMILES string of the molecule is C=CCC(O)(CCl)c1ccc(Cl)cc1Cl. The van der Waals surface area contributed by atoms with Crippen LogP contribution in [-0.4, -0.2) is 11.0 Å². The van der Waals surface area contributed by atoms with Gasteiger partial charge in [0.15, 0.2) is 0 Å². The van der Waals surface area contributed by atoms with E-state index in [4.69, 9.17) is 34.8 Å². The van der Waals surface area contributed by atoms with Crippen molar-refractivity contribution in [1.82, 2.24) is 0 Å². The van der Waals surface area contributed by atoms with Crippen molar-refractivity contribution in [3.8, 4) is 0 Å². The van der Waals surface area contributed by atoms with E-state index in [0.29, 0.717) is 22.0 Å². The van der Waals surface area contributed by atoms with E-state index in [1.54, 1.807) is 24.3 Å². The largest absolute Gasteiger partial charge is 0.384 e. The zero-order valence-corrected chi connectivity index (χ0v) is 10.3. The minimum Gasteiger partial charge on any atom is -0.384 e. The van der Waals surface area contributed by atoms with Crippen molar-refractivity contribution in [2.75, 3.05) is 5.88 Å². The quantitative estimate of drug-likeness (QED) is 0.644. The fraction of sp³-hybridized carbons (Fsp3) is 0.273. The summed E-state index contributed by atoms with van der Waals surface area (Å²) in [6.45, 7) is 3.58. The highest BCUT2D eigenvalue weighted by Gasteiger charge is 2.29. The molecular weight excluding hydrogens is 254 g/mol. The first-order valence-electron chi connectivity index (χ1n) is 4.38. The number of hydrogen-bond donors (Lipinski definition) is 1. The maximum atomic E-state index is 10.2. The van der Waals surface area contributed by atoms with Crippen LogP contribution in [0.5, 0.6) is 0 Å². The number of rotatable bonds is 4. The maximum absolute atomic E-state index is 10.2. The van der Waals surface area contributed by atoms with Crippen LogP contribution >= 0.6 is 34.8 Å². The topological polar surface area (TPSA) is 20.2 Å². The van der Waals surface area contributed by atoms with Gasteiger partial charge in [0.05, 0.1) is 5.88 Å². The Morgan fingerprint density at radius 1 is 1.40 bits per heavy atom. The summed E-state index contributed by atoms with van der Waals surface area (Å²) >= 11 is 17.5. The molecule has 82 valence electrons. The summed E-state index contributed by atoms with van der Waals surface area (Å²) in [6.07, 6.45) is 1.95. The van der Waals surface area contributed by atoms with Crippen LogP contribution < -0.4 is 0 Å². The molecule has 4 heteroatoms. The standard InChI is InChI=1S/C11H11Cl3O/c1-2-5-11(15,7-12)9-4-3-8(13)6-10(9)14/h2-4,6,15H,1,5,7H2. The summed E-state index contributed by atoms with van der Waals surface area (Å²) in [5.74, 6) is 0.0559. The molecule has 1 aromatic carbocycles. The average Bonchev–Trinajstić information content (AvgIpc) is 2.17. The lowest BCUT2D eigenvalue weighted by Gasteiger charge is -2.25. The van der Waals surface area contributed by atoms with E-state index in [-0.39, 0.29) is 5.88 Å². The molecule has 0 spiro atoms. The van der Waals surface area contributed by atoms with Gasteiger partial charge in [0.2, 0.25) is 0 Å². The third kappa shape index (κ3) is 2.88. The minimum atomic E-state index is -1.18. The van der Waals surface area contributed by atoms with Gasteiger partial charge in [0, 0.05) is 15.6 Å². The second kappa shape index (κ2) is 5.22. The van der Waals surface area contributed by atoms with E-state index < -0.39 is 5.60 Å². The van der Waals surface area contributed by atoms with Gasteiger partial charge in [-0.05, 0) is 18.6 Å². The molecule has 1 rings (SSSR count). The van der Waals surface area contributed by atoms with Crippen molar-refractivity contribution in [3.63, 3.8) is 0 Å². The Bertz CT molecular complexity index is 365. The molecule has 0 fully saturated rings. The molecule has 0 saturated heterocycles. The maximum Gasteiger partial charge on any atom is 0.108 e. The summed E-state index contributed by atoms with van der Waals surface area (Å²) in [7, 11) is 0. The third-order valence-electron chi connectivity index (χ3n) is 2.14. The first-order chi connectivity index (χ1) is 7.03. The fourth-order valence-corrected chi connectivity index (χ4v) is 2.18. The molecule has 0 heterocycles. The molecular formula is C11H11Cl3O. The zero-order chi connectivity index (χ0) is 11.5. The van der Waals surface area contributed by atoms with Crippen LogP contribution in [0.3, 0.4) is 0 Å². The molecule has 1 aromatic rings. The number of alkyl halides is 1. The van der Waals surface area contributed by atoms with Gasteiger partial charge < -0.3 is 5.11 Å². The van der Waals surface area contributed by atoms with Gasteiger partial charge in [0.1, 0.15) is 5.60 Å². The number of hydrogen-bond acceptors (Lipinski definition) is 1. The van der Waals surface area contributed by atoms with Gasteiger partial charge in [-0.15, -0.1) is 18.2 Å². The first kappa shape index (κ1) is 12.9. The molecule has 1 unspecified atom stereocenters. The number of aliphatic hydroxyl groups is 1. The molecule has 0 amide bonds. The average molecular weight is 266 g/mol. The Morgan fingerprint density at radius 2 is 2.07 bits per heavy atom. The highest BCUT2D eigenvalue weighted by Crippen LogP contribution is 2.33. The first-order valence-corrected chi connectivity index (χ1v) is 5.67. The fourth-order valence-electron chi connectivity index (χ4n) is 1.34. The summed E-state index contributed by atoms with van der Waals surface area (Å²) in [5, 5.41) is 11.2. The lowest BCUT2D eigenvalue weighted by molar-refractivity contribution is 0.0646. The van der Waals surface area contributed by atoms with Crippen molar-refractivity contribution < 1.29 is 5.11 Å². The Balaban J connectivity index is 3.17. The molecule has 0 bridgehead atoms. The van der Waals surface area contributed by atoms with E-state index in [0.717, 1.165) is 0 Å². The van der Waals surface area contributed by atoms with Crippen molar-refractivity contribution in [2.24, 2.45) is 0 Å². The van der Waals surface area contributed by atoms with Crippen LogP contribution in [0.1, 0.15) is 12.0 Å². The lowest BCUT2D eigenvalue weighted by atomic mass is 9.92. The van der Waals surface area contributed by atoms with Crippen molar-refractivity contribution in [2.45, 2.75) is 12.0 Å². The molecule has 1 nitrogen and oxygen atoms in total. The van der Waals surface area contributed by atoms with Gasteiger partial charge in [-0.2, -0.15) is 0 Å². The van der Waals surface area contributed by atoms with Gasteiger partial charge in [-0.25, -0.2) is 0 Å². The monoisotopic (exact) mass is 264 g/mol. The predicted molar refractivity (Wildman–Crippen MR) is 65.9 cm³/mol. The summed E-state index contributed by atoms with van der Waals surface area (Å²) in [6, 6.07) is 4.93. The van der Waals surface area contributed by atoms with Crippen molar-refractivity contribution >= 4 is 34.8 Å². The summed E-state index contributed by atoms with van der Waals surface area (Å²) < 4.78 is 0. The van der Waals surface area contributed by atoms with E-state index in [2.05, 4.69) is 6.58 Å². The van der Waals surface area contributed by atoms with Gasteiger partial charge in [-0.3, -0.25) is 0 Å². The number of benzene rings is 1. The second-order valence-corrected chi connectivity index (χ2v) is 4.39. The predicted octanol–water partition coefficient (Wildman–Crippen LogP) is 4.00. The summed E-state index contributed by atoms with van der Waals surface area (Å²) in [4.78, 5) is 0. The molecule has 0 aliphatic carbocycles. The minimum absolute atomic E-state index is 0.0559. The molecule has 0 aromatic heterocycles. The Labute approximate surface area is 104 Å². The molecule has 1 N–H and O–H groups in total. The molecule has 0 radical (unpaired) electrons. The van der Waals surface area contributed by atoms with E-state index in [1.165, 1.54) is 0 Å². The van der Waals surface area contributed by atoms with E-state index in [9.17, 15) is 5.11 Å². The molecule has 15 heavy (non-hydrogen) atoms. The second-order valence-electron chi connectivity index (χ2n) is 3.28. The molecule has 1 atom stereocenters. The van der Waals surface area contributed by atoms with Gasteiger partial charge >= 0.3 is 0 Å². The number of halogens is 3. The van der Waals surface area contributed by atoms with E-state index >= 15 is 0 Å². The van der Waals surface area contributed by atoms with Crippen LogP contribution in [0.15, 0.2) is 30.9 Å². The lowest BCUT2D eigenvalue weighted by Crippen LogP contribution is -2.27. The highest BCUT2D eigenvalue weighted by molar-refractivity contribution is 6.35. The Kier molecular flexibility index (Phi) is 4.47. The van der Waals surface area contributed by atoms with Crippen LogP contribution in [0, 0.1) is 0 Å². The van der Waals surface area contributed by atoms with Gasteiger partial charge in [-0.1, -0.05) is 35.3 Å². The van der Waals surface area contributed by atoms with Crippen LogP contribution in [-0.2, 0) is 5.60 Å². The summed E-state index contributed by atoms with van der Waals surface area (Å²) in [5.41, 5.74) is -0.603. The highest BCUT2D eigenvalue weighted by atomic mass is 35.5. The van der Waals surface area contributed by atoms with Crippen LogP contribution in [0.4, 0.5) is 0 Å². The van der Waals surface area contributed by atoms with Gasteiger partial charge in [0.25, 0.3) is 0 Å². The Morgan fingerprint density at radius 3 is 2.53 bits per heavy atom. The van der Waals surface area contributed by atoms with E-state index in [1.807, 2.05) is 0 Å². The Hall–Kier alpha value is -0.210. The van der Waals surface area contributed by atoms with Crippen LogP contribution in [0.25, 0.3) is 0 Å². The molecule has 0 saturated carbocycles. The molecule has 0 aliphatic heterocycles. The smallest absolute Gasteiger partial charge is 0.108 e.